The molecule has 0 saturated heterocycles. The fraction of sp³-hybridized carbons (Fsp3) is 0.0952. The summed E-state index contributed by atoms with van der Waals surface area (Å²) in [5.41, 5.74) is 0.837. The number of phenolic OH excluding ortho intramolecular Hbond substituents is 1. The number of hydrogen-bond acceptors (Lipinski definition) is 5. The first kappa shape index (κ1) is 16.0. The summed E-state index contributed by atoms with van der Waals surface area (Å²) in [7, 11) is 1.55. The molecule has 0 aliphatic rings. The normalized spacial score (nSPS) is 11.0. The highest BCUT2D eigenvalue weighted by atomic mass is 16.5. The SMILES string of the molecule is COc1cc2c(cc1OCc1ccccc1)c(=O)oc1cc(O)ccc12. The lowest BCUT2D eigenvalue weighted by Gasteiger charge is -2.12. The van der Waals surface area contributed by atoms with Crippen molar-refractivity contribution in [3.8, 4) is 17.2 Å². The van der Waals surface area contributed by atoms with Gasteiger partial charge in [-0.3, -0.25) is 0 Å². The number of rotatable bonds is 4. The maximum absolute atomic E-state index is 12.4. The van der Waals surface area contributed by atoms with Crippen molar-refractivity contribution in [3.63, 3.8) is 0 Å². The maximum Gasteiger partial charge on any atom is 0.344 e. The van der Waals surface area contributed by atoms with Crippen LogP contribution in [-0.4, -0.2) is 12.2 Å². The molecule has 1 aromatic heterocycles. The quantitative estimate of drug-likeness (QED) is 0.441. The fourth-order valence-corrected chi connectivity index (χ4v) is 2.93. The third-order valence-electron chi connectivity index (χ3n) is 4.22. The number of aromatic hydroxyl groups is 1. The van der Waals surface area contributed by atoms with E-state index in [0.29, 0.717) is 39.8 Å². The van der Waals surface area contributed by atoms with Crippen LogP contribution in [0.3, 0.4) is 0 Å². The highest BCUT2D eigenvalue weighted by Gasteiger charge is 2.14. The largest absolute Gasteiger partial charge is 0.508 e. The van der Waals surface area contributed by atoms with Gasteiger partial charge in [0.15, 0.2) is 11.5 Å². The van der Waals surface area contributed by atoms with Gasteiger partial charge in [0, 0.05) is 16.8 Å². The molecule has 0 atom stereocenters. The Kier molecular flexibility index (Phi) is 3.97. The smallest absolute Gasteiger partial charge is 0.344 e. The van der Waals surface area contributed by atoms with E-state index < -0.39 is 5.63 Å². The van der Waals surface area contributed by atoms with Crippen molar-refractivity contribution in [1.82, 2.24) is 0 Å². The van der Waals surface area contributed by atoms with E-state index in [0.717, 1.165) is 5.56 Å². The Bertz CT molecular complexity index is 1150. The van der Waals surface area contributed by atoms with E-state index in [1.54, 1.807) is 31.4 Å². The summed E-state index contributed by atoms with van der Waals surface area (Å²) in [6.07, 6.45) is 0. The van der Waals surface area contributed by atoms with Crippen molar-refractivity contribution in [2.75, 3.05) is 7.11 Å². The summed E-state index contributed by atoms with van der Waals surface area (Å²) in [5, 5.41) is 11.4. The van der Waals surface area contributed by atoms with Gasteiger partial charge in [0.1, 0.15) is 17.9 Å². The zero-order chi connectivity index (χ0) is 18.1. The van der Waals surface area contributed by atoms with Crippen LogP contribution in [0.15, 0.2) is 69.9 Å². The van der Waals surface area contributed by atoms with Gasteiger partial charge in [0.05, 0.1) is 12.5 Å². The van der Waals surface area contributed by atoms with Crippen molar-refractivity contribution < 1.29 is 19.0 Å². The van der Waals surface area contributed by atoms with Gasteiger partial charge in [-0.2, -0.15) is 0 Å². The van der Waals surface area contributed by atoms with Crippen molar-refractivity contribution in [2.45, 2.75) is 6.61 Å². The van der Waals surface area contributed by atoms with E-state index in [1.807, 2.05) is 30.3 Å². The molecule has 0 radical (unpaired) electrons. The molecular weight excluding hydrogens is 332 g/mol. The van der Waals surface area contributed by atoms with Crippen LogP contribution in [0.2, 0.25) is 0 Å². The van der Waals surface area contributed by atoms with E-state index in [9.17, 15) is 9.90 Å². The van der Waals surface area contributed by atoms with Crippen molar-refractivity contribution in [3.05, 3.63) is 76.6 Å². The van der Waals surface area contributed by atoms with Gasteiger partial charge in [-0.1, -0.05) is 30.3 Å². The number of benzene rings is 3. The first-order valence-corrected chi connectivity index (χ1v) is 8.10. The van der Waals surface area contributed by atoms with Gasteiger partial charge in [-0.15, -0.1) is 0 Å². The minimum atomic E-state index is -0.495. The predicted octanol–water partition coefficient (Wildman–Crippen LogP) is 4.24. The molecular formula is C21H16O5. The number of fused-ring (bicyclic) bond motifs is 3. The fourth-order valence-electron chi connectivity index (χ4n) is 2.93. The van der Waals surface area contributed by atoms with Gasteiger partial charge in [-0.25, -0.2) is 4.79 Å². The second kappa shape index (κ2) is 6.44. The van der Waals surface area contributed by atoms with Crippen molar-refractivity contribution in [2.24, 2.45) is 0 Å². The average molecular weight is 348 g/mol. The minimum absolute atomic E-state index is 0.0368. The molecule has 1 N–H and O–H groups in total. The second-order valence-electron chi connectivity index (χ2n) is 5.89. The molecule has 0 aliphatic carbocycles. The van der Waals surface area contributed by atoms with E-state index in [2.05, 4.69) is 0 Å². The van der Waals surface area contributed by atoms with Crippen LogP contribution in [0.5, 0.6) is 17.2 Å². The van der Waals surface area contributed by atoms with Crippen LogP contribution < -0.4 is 15.1 Å². The predicted molar refractivity (Wildman–Crippen MR) is 99.0 cm³/mol. The molecule has 4 aromatic rings. The van der Waals surface area contributed by atoms with Crippen LogP contribution in [0.4, 0.5) is 0 Å². The van der Waals surface area contributed by atoms with Crippen molar-refractivity contribution >= 4 is 21.7 Å². The number of phenols is 1. The molecule has 3 aromatic carbocycles. The van der Waals surface area contributed by atoms with E-state index in [1.165, 1.54) is 6.07 Å². The van der Waals surface area contributed by atoms with Crippen LogP contribution in [0.1, 0.15) is 5.56 Å². The Labute approximate surface area is 149 Å². The van der Waals surface area contributed by atoms with Gasteiger partial charge >= 0.3 is 5.63 Å². The Morgan fingerprint density at radius 2 is 1.69 bits per heavy atom. The molecule has 26 heavy (non-hydrogen) atoms. The van der Waals surface area contributed by atoms with E-state index >= 15 is 0 Å². The lowest BCUT2D eigenvalue weighted by atomic mass is 10.1. The highest BCUT2D eigenvalue weighted by molar-refractivity contribution is 6.05. The standard InChI is InChI=1S/C21H16O5/c1-24-19-10-16-15-8-7-14(22)9-18(15)26-21(23)17(16)11-20(19)25-12-13-5-3-2-4-6-13/h2-11,22H,12H2,1H3. The third-order valence-corrected chi connectivity index (χ3v) is 4.22. The molecule has 130 valence electrons. The third kappa shape index (κ3) is 2.84. The molecule has 0 saturated carbocycles. The van der Waals surface area contributed by atoms with Gasteiger partial charge < -0.3 is 19.0 Å². The topological polar surface area (TPSA) is 68.9 Å². The lowest BCUT2D eigenvalue weighted by Crippen LogP contribution is -2.03. The van der Waals surface area contributed by atoms with E-state index in [4.69, 9.17) is 13.9 Å². The Morgan fingerprint density at radius 1 is 0.923 bits per heavy atom. The number of hydrogen-bond donors (Lipinski definition) is 1. The van der Waals surface area contributed by atoms with Crippen LogP contribution in [-0.2, 0) is 6.61 Å². The summed E-state index contributed by atoms with van der Waals surface area (Å²) in [5.74, 6) is 1.03. The summed E-state index contributed by atoms with van der Waals surface area (Å²) in [6, 6.07) is 17.8. The Balaban J connectivity index is 1.84. The summed E-state index contributed by atoms with van der Waals surface area (Å²) in [4.78, 5) is 12.4. The molecule has 0 spiro atoms. The summed E-state index contributed by atoms with van der Waals surface area (Å²) in [6.45, 7) is 0.357. The Hall–Kier alpha value is -3.47. The zero-order valence-corrected chi connectivity index (χ0v) is 14.1. The van der Waals surface area contributed by atoms with Gasteiger partial charge in [-0.05, 0) is 29.8 Å². The minimum Gasteiger partial charge on any atom is -0.508 e. The zero-order valence-electron chi connectivity index (χ0n) is 14.1. The molecule has 5 nitrogen and oxygen atoms in total. The first-order valence-electron chi connectivity index (χ1n) is 8.10. The lowest BCUT2D eigenvalue weighted by molar-refractivity contribution is 0.285. The van der Waals surface area contributed by atoms with Crippen LogP contribution >= 0.6 is 0 Å². The number of ether oxygens (including phenoxy) is 2. The molecule has 0 amide bonds. The highest BCUT2D eigenvalue weighted by Crippen LogP contribution is 2.35. The molecule has 0 unspecified atom stereocenters. The van der Waals surface area contributed by atoms with Crippen LogP contribution in [0.25, 0.3) is 21.7 Å². The molecule has 0 fully saturated rings. The second-order valence-corrected chi connectivity index (χ2v) is 5.89. The van der Waals surface area contributed by atoms with Gasteiger partial charge in [0.2, 0.25) is 0 Å². The van der Waals surface area contributed by atoms with Crippen LogP contribution in [0, 0.1) is 0 Å². The molecule has 5 heteroatoms. The molecule has 0 aliphatic heterocycles. The number of methoxy groups -OCH3 is 1. The summed E-state index contributed by atoms with van der Waals surface area (Å²) < 4.78 is 16.6. The van der Waals surface area contributed by atoms with Crippen molar-refractivity contribution in [1.29, 1.82) is 0 Å². The molecule has 4 rings (SSSR count). The molecule has 0 bridgehead atoms. The molecule has 1 heterocycles. The Morgan fingerprint density at radius 3 is 2.46 bits per heavy atom. The average Bonchev–Trinajstić information content (AvgIpc) is 2.66. The monoisotopic (exact) mass is 348 g/mol. The van der Waals surface area contributed by atoms with Gasteiger partial charge in [0.25, 0.3) is 0 Å². The van der Waals surface area contributed by atoms with E-state index in [-0.39, 0.29) is 5.75 Å². The first-order chi connectivity index (χ1) is 12.7. The maximum atomic E-state index is 12.4. The summed E-state index contributed by atoms with van der Waals surface area (Å²) >= 11 is 0.